The monoisotopic (exact) mass is 356 g/mol. The SMILES string of the molecule is O=C(Cn1cccnc1=O)N1CCCN(CCOc2ccccc2)CC1. The Bertz CT molecular complexity index is 763. The van der Waals surface area contributed by atoms with Gasteiger partial charge in [0.25, 0.3) is 0 Å². The molecule has 0 bridgehead atoms. The van der Waals surface area contributed by atoms with E-state index >= 15 is 0 Å². The van der Waals surface area contributed by atoms with E-state index in [1.165, 1.54) is 10.8 Å². The van der Waals surface area contributed by atoms with E-state index in [1.807, 2.05) is 35.2 Å². The van der Waals surface area contributed by atoms with Crippen LogP contribution in [0, 0.1) is 0 Å². The summed E-state index contributed by atoms with van der Waals surface area (Å²) >= 11 is 0. The standard InChI is InChI=1S/C19H24N4O3/c24-18(16-23-10-4-8-20-19(23)25)22-11-5-9-21(12-13-22)14-15-26-17-6-2-1-3-7-17/h1-4,6-8,10H,5,9,11-16H2. The van der Waals surface area contributed by atoms with Crippen molar-refractivity contribution in [1.29, 1.82) is 0 Å². The predicted molar refractivity (Wildman–Crippen MR) is 98.1 cm³/mol. The van der Waals surface area contributed by atoms with Gasteiger partial charge in [-0.1, -0.05) is 18.2 Å². The van der Waals surface area contributed by atoms with Crippen LogP contribution in [-0.4, -0.2) is 64.6 Å². The van der Waals surface area contributed by atoms with E-state index in [0.717, 1.165) is 31.8 Å². The van der Waals surface area contributed by atoms with E-state index in [1.54, 1.807) is 12.3 Å². The van der Waals surface area contributed by atoms with E-state index in [-0.39, 0.29) is 12.5 Å². The topological polar surface area (TPSA) is 67.7 Å². The van der Waals surface area contributed by atoms with Crippen molar-refractivity contribution < 1.29 is 9.53 Å². The van der Waals surface area contributed by atoms with Crippen molar-refractivity contribution in [3.05, 3.63) is 59.3 Å². The molecule has 7 heteroatoms. The number of benzene rings is 1. The summed E-state index contributed by atoms with van der Waals surface area (Å²) in [6, 6.07) is 11.4. The third-order valence-corrected chi connectivity index (χ3v) is 4.45. The summed E-state index contributed by atoms with van der Waals surface area (Å²) in [7, 11) is 0. The van der Waals surface area contributed by atoms with Crippen molar-refractivity contribution in [2.24, 2.45) is 0 Å². The summed E-state index contributed by atoms with van der Waals surface area (Å²) < 4.78 is 7.09. The molecular formula is C19H24N4O3. The van der Waals surface area contributed by atoms with Gasteiger partial charge in [0, 0.05) is 45.1 Å². The molecule has 3 rings (SSSR count). The van der Waals surface area contributed by atoms with Crippen molar-refractivity contribution in [2.45, 2.75) is 13.0 Å². The average Bonchev–Trinajstić information content (AvgIpc) is 2.90. The third kappa shape index (κ3) is 5.16. The minimum Gasteiger partial charge on any atom is -0.492 e. The lowest BCUT2D eigenvalue weighted by Crippen LogP contribution is -2.39. The van der Waals surface area contributed by atoms with E-state index in [4.69, 9.17) is 4.74 Å². The highest BCUT2D eigenvalue weighted by atomic mass is 16.5. The highest BCUT2D eigenvalue weighted by molar-refractivity contribution is 5.76. The fourth-order valence-electron chi connectivity index (χ4n) is 3.01. The zero-order chi connectivity index (χ0) is 18.2. The van der Waals surface area contributed by atoms with Crippen molar-refractivity contribution >= 4 is 5.91 Å². The van der Waals surface area contributed by atoms with Crippen LogP contribution in [0.4, 0.5) is 0 Å². The normalized spacial score (nSPS) is 15.5. The first-order chi connectivity index (χ1) is 12.7. The third-order valence-electron chi connectivity index (χ3n) is 4.45. The molecule has 1 aliphatic heterocycles. The zero-order valence-corrected chi connectivity index (χ0v) is 14.8. The van der Waals surface area contributed by atoms with E-state index in [0.29, 0.717) is 19.7 Å². The molecule has 2 aromatic rings. The summed E-state index contributed by atoms with van der Waals surface area (Å²) in [6.07, 6.45) is 3.95. The van der Waals surface area contributed by atoms with E-state index in [2.05, 4.69) is 9.88 Å². The molecule has 1 saturated heterocycles. The molecule has 26 heavy (non-hydrogen) atoms. The van der Waals surface area contributed by atoms with Gasteiger partial charge >= 0.3 is 5.69 Å². The first kappa shape index (κ1) is 18.1. The molecule has 0 saturated carbocycles. The van der Waals surface area contributed by atoms with Gasteiger partial charge in [-0.2, -0.15) is 0 Å². The lowest BCUT2D eigenvalue weighted by atomic mass is 10.3. The van der Waals surface area contributed by atoms with Gasteiger partial charge in [0.15, 0.2) is 0 Å². The van der Waals surface area contributed by atoms with Crippen LogP contribution in [0.5, 0.6) is 5.75 Å². The summed E-state index contributed by atoms with van der Waals surface area (Å²) in [5, 5.41) is 0. The van der Waals surface area contributed by atoms with Gasteiger partial charge in [-0.05, 0) is 24.6 Å². The number of carbonyl (C=O) groups excluding carboxylic acids is 1. The van der Waals surface area contributed by atoms with Gasteiger partial charge in [0.2, 0.25) is 5.91 Å². The molecule has 7 nitrogen and oxygen atoms in total. The maximum Gasteiger partial charge on any atom is 0.347 e. The van der Waals surface area contributed by atoms with Gasteiger partial charge in [-0.15, -0.1) is 0 Å². The van der Waals surface area contributed by atoms with Crippen LogP contribution in [-0.2, 0) is 11.3 Å². The maximum absolute atomic E-state index is 12.5. The lowest BCUT2D eigenvalue weighted by molar-refractivity contribution is -0.131. The van der Waals surface area contributed by atoms with Crippen LogP contribution in [0.2, 0.25) is 0 Å². The molecule has 0 N–H and O–H groups in total. The number of ether oxygens (including phenoxy) is 1. The van der Waals surface area contributed by atoms with Crippen LogP contribution < -0.4 is 10.4 Å². The maximum atomic E-state index is 12.5. The molecule has 0 aliphatic carbocycles. The van der Waals surface area contributed by atoms with Crippen molar-refractivity contribution in [3.8, 4) is 5.75 Å². The first-order valence-electron chi connectivity index (χ1n) is 8.92. The number of carbonyl (C=O) groups is 1. The van der Waals surface area contributed by atoms with Crippen LogP contribution in [0.1, 0.15) is 6.42 Å². The molecule has 1 aliphatic rings. The second kappa shape index (κ2) is 9.15. The van der Waals surface area contributed by atoms with Crippen LogP contribution in [0.25, 0.3) is 0 Å². The number of amides is 1. The van der Waals surface area contributed by atoms with E-state index < -0.39 is 5.69 Å². The number of nitrogens with zero attached hydrogens (tertiary/aromatic N) is 4. The fourth-order valence-corrected chi connectivity index (χ4v) is 3.01. The van der Waals surface area contributed by atoms with Gasteiger partial charge in [-0.25, -0.2) is 9.78 Å². The quantitative estimate of drug-likeness (QED) is 0.768. The Morgan fingerprint density at radius 2 is 1.92 bits per heavy atom. The molecule has 0 spiro atoms. The van der Waals surface area contributed by atoms with Crippen LogP contribution >= 0.6 is 0 Å². The Labute approximate surface area is 152 Å². The van der Waals surface area contributed by atoms with Crippen LogP contribution in [0.15, 0.2) is 53.6 Å². The Morgan fingerprint density at radius 1 is 1.08 bits per heavy atom. The summed E-state index contributed by atoms with van der Waals surface area (Å²) in [5.41, 5.74) is -0.393. The molecule has 1 aromatic carbocycles. The zero-order valence-electron chi connectivity index (χ0n) is 14.8. The Hall–Kier alpha value is -2.67. The number of hydrogen-bond donors (Lipinski definition) is 0. The minimum atomic E-state index is -0.393. The lowest BCUT2D eigenvalue weighted by Gasteiger charge is -2.22. The second-order valence-electron chi connectivity index (χ2n) is 6.27. The molecule has 1 aromatic heterocycles. The van der Waals surface area contributed by atoms with Gasteiger partial charge in [0.1, 0.15) is 18.9 Å². The largest absolute Gasteiger partial charge is 0.492 e. The average molecular weight is 356 g/mol. The molecule has 0 radical (unpaired) electrons. The summed E-state index contributed by atoms with van der Waals surface area (Å²) in [5.74, 6) is 0.837. The van der Waals surface area contributed by atoms with E-state index in [9.17, 15) is 9.59 Å². The molecule has 138 valence electrons. The number of rotatable bonds is 6. The molecule has 2 heterocycles. The second-order valence-corrected chi connectivity index (χ2v) is 6.27. The van der Waals surface area contributed by atoms with Crippen molar-refractivity contribution in [1.82, 2.24) is 19.4 Å². The highest BCUT2D eigenvalue weighted by Gasteiger charge is 2.19. The van der Waals surface area contributed by atoms with Crippen molar-refractivity contribution in [3.63, 3.8) is 0 Å². The Morgan fingerprint density at radius 3 is 2.73 bits per heavy atom. The number of aromatic nitrogens is 2. The fraction of sp³-hybridized carbons (Fsp3) is 0.421. The molecule has 0 atom stereocenters. The predicted octanol–water partition coefficient (Wildman–Crippen LogP) is 0.857. The van der Waals surface area contributed by atoms with Gasteiger partial charge in [-0.3, -0.25) is 14.3 Å². The van der Waals surface area contributed by atoms with Gasteiger partial charge < -0.3 is 9.64 Å². The molecule has 1 amide bonds. The Kier molecular flexibility index (Phi) is 6.38. The molecular weight excluding hydrogens is 332 g/mol. The smallest absolute Gasteiger partial charge is 0.347 e. The molecule has 0 unspecified atom stereocenters. The van der Waals surface area contributed by atoms with Gasteiger partial charge in [0.05, 0.1) is 0 Å². The molecule has 1 fully saturated rings. The minimum absolute atomic E-state index is 0.0394. The van der Waals surface area contributed by atoms with Crippen LogP contribution in [0.3, 0.4) is 0 Å². The number of hydrogen-bond acceptors (Lipinski definition) is 5. The first-order valence-corrected chi connectivity index (χ1v) is 8.92. The summed E-state index contributed by atoms with van der Waals surface area (Å²) in [4.78, 5) is 31.9. The summed E-state index contributed by atoms with van der Waals surface area (Å²) in [6.45, 7) is 4.63. The van der Waals surface area contributed by atoms with Crippen molar-refractivity contribution in [2.75, 3.05) is 39.3 Å². The Balaban J connectivity index is 1.45. The highest BCUT2D eigenvalue weighted by Crippen LogP contribution is 2.09. The number of para-hydroxylation sites is 1.